The Labute approximate surface area is 114 Å². The van der Waals surface area contributed by atoms with Gasteiger partial charge in [0.1, 0.15) is 5.69 Å². The Kier molecular flexibility index (Phi) is 2.97. The van der Waals surface area contributed by atoms with Crippen molar-refractivity contribution in [3.63, 3.8) is 0 Å². The highest BCUT2D eigenvalue weighted by Crippen LogP contribution is 2.18. The van der Waals surface area contributed by atoms with Gasteiger partial charge in [-0.05, 0) is 12.1 Å². The zero-order chi connectivity index (χ0) is 13.2. The quantitative estimate of drug-likeness (QED) is 0.718. The highest BCUT2D eigenvalue weighted by molar-refractivity contribution is 6.99. The summed E-state index contributed by atoms with van der Waals surface area (Å²) in [6.45, 7) is 0. The number of benzene rings is 1. The predicted molar refractivity (Wildman–Crippen MR) is 76.0 cm³/mol. The predicted octanol–water partition coefficient (Wildman–Crippen LogP) is 2.57. The molecule has 0 atom stereocenters. The van der Waals surface area contributed by atoms with Crippen molar-refractivity contribution < 1.29 is 0 Å². The van der Waals surface area contributed by atoms with Crippen LogP contribution in [0.25, 0.3) is 22.6 Å². The van der Waals surface area contributed by atoms with Gasteiger partial charge in [-0.1, -0.05) is 30.3 Å². The minimum Gasteiger partial charge on any atom is -0.349 e. The van der Waals surface area contributed by atoms with Gasteiger partial charge in [-0.25, -0.2) is 0 Å². The van der Waals surface area contributed by atoms with E-state index < -0.39 is 0 Å². The van der Waals surface area contributed by atoms with Crippen molar-refractivity contribution >= 4 is 11.7 Å². The van der Waals surface area contributed by atoms with Gasteiger partial charge in [0.05, 0.1) is 17.4 Å². The van der Waals surface area contributed by atoms with E-state index in [2.05, 4.69) is 8.75 Å². The first kappa shape index (κ1) is 11.8. The smallest absolute Gasteiger partial charge is 0.234 e. The highest BCUT2D eigenvalue weighted by atomic mass is 32.1. The molecule has 4 nitrogen and oxygen atoms in total. The Bertz CT molecular complexity index is 762. The first-order chi connectivity index (χ1) is 9.27. The summed E-state index contributed by atoms with van der Waals surface area (Å²) >= 11 is 1.06. The monoisotopic (exact) mass is 269 g/mol. The van der Waals surface area contributed by atoms with E-state index in [1.54, 1.807) is 0 Å². The van der Waals surface area contributed by atoms with E-state index in [0.717, 1.165) is 23.0 Å². The number of nitrogens with zero attached hydrogens (tertiary/aromatic N) is 3. The molecule has 0 unspecified atom stereocenters. The van der Waals surface area contributed by atoms with Gasteiger partial charge in [0.25, 0.3) is 0 Å². The molecule has 2 aromatic heterocycles. The van der Waals surface area contributed by atoms with Crippen molar-refractivity contribution in [1.82, 2.24) is 13.3 Å². The maximum atomic E-state index is 12.5. The van der Waals surface area contributed by atoms with E-state index in [0.29, 0.717) is 11.4 Å². The van der Waals surface area contributed by atoms with Gasteiger partial charge in [-0.15, -0.1) is 0 Å². The molecule has 0 bridgehead atoms. The van der Waals surface area contributed by atoms with Crippen LogP contribution in [0.1, 0.15) is 0 Å². The fourth-order valence-corrected chi connectivity index (χ4v) is 2.52. The molecule has 0 saturated carbocycles. The Morgan fingerprint density at radius 3 is 2.42 bits per heavy atom. The number of hydrogen-bond donors (Lipinski definition) is 0. The van der Waals surface area contributed by atoms with Crippen molar-refractivity contribution in [3.8, 4) is 22.6 Å². The lowest BCUT2D eigenvalue weighted by atomic mass is 10.1. The first-order valence-electron chi connectivity index (χ1n) is 5.81. The second-order valence-electron chi connectivity index (χ2n) is 4.16. The van der Waals surface area contributed by atoms with E-state index in [1.807, 2.05) is 60.3 Å². The molecule has 0 spiro atoms. The Hall–Kier alpha value is -2.27. The van der Waals surface area contributed by atoms with Crippen LogP contribution in [0.2, 0.25) is 0 Å². The lowest BCUT2D eigenvalue weighted by Gasteiger charge is -2.03. The van der Waals surface area contributed by atoms with Crippen molar-refractivity contribution in [2.75, 3.05) is 0 Å². The van der Waals surface area contributed by atoms with Crippen LogP contribution < -0.4 is 5.43 Å². The second-order valence-corrected chi connectivity index (χ2v) is 4.69. The van der Waals surface area contributed by atoms with E-state index in [1.165, 1.54) is 0 Å². The van der Waals surface area contributed by atoms with Gasteiger partial charge in [0.15, 0.2) is 5.69 Å². The molecule has 19 heavy (non-hydrogen) atoms. The van der Waals surface area contributed by atoms with Crippen molar-refractivity contribution in [3.05, 3.63) is 58.9 Å². The first-order valence-corrected chi connectivity index (χ1v) is 6.54. The second kappa shape index (κ2) is 4.78. The van der Waals surface area contributed by atoms with Crippen molar-refractivity contribution in [1.29, 1.82) is 0 Å². The molecule has 0 fully saturated rings. The fraction of sp³-hybridized carbons (Fsp3) is 0.0714. The van der Waals surface area contributed by atoms with Gasteiger partial charge >= 0.3 is 0 Å². The minimum atomic E-state index is -0.133. The molecule has 0 saturated heterocycles. The maximum Gasteiger partial charge on any atom is 0.234 e. The number of hydrogen-bond acceptors (Lipinski definition) is 4. The van der Waals surface area contributed by atoms with Crippen LogP contribution in [0, 0.1) is 0 Å². The van der Waals surface area contributed by atoms with E-state index >= 15 is 0 Å². The summed E-state index contributed by atoms with van der Waals surface area (Å²) in [5.74, 6) is 0. The molecular formula is C14H11N3OS. The molecule has 0 aliphatic heterocycles. The molecular weight excluding hydrogens is 258 g/mol. The molecule has 3 aromatic rings. The van der Waals surface area contributed by atoms with Crippen molar-refractivity contribution in [2.45, 2.75) is 0 Å². The lowest BCUT2D eigenvalue weighted by Crippen LogP contribution is -2.12. The van der Waals surface area contributed by atoms with E-state index in [9.17, 15) is 4.79 Å². The zero-order valence-electron chi connectivity index (χ0n) is 10.3. The Morgan fingerprint density at radius 2 is 1.74 bits per heavy atom. The van der Waals surface area contributed by atoms with Gasteiger partial charge < -0.3 is 4.57 Å². The maximum absolute atomic E-state index is 12.5. The minimum absolute atomic E-state index is 0.133. The van der Waals surface area contributed by atoms with E-state index in [4.69, 9.17) is 0 Å². The molecule has 0 aliphatic rings. The van der Waals surface area contributed by atoms with Crippen LogP contribution >= 0.6 is 11.7 Å². The summed E-state index contributed by atoms with van der Waals surface area (Å²) in [7, 11) is 1.89. The zero-order valence-corrected chi connectivity index (χ0v) is 11.1. The largest absolute Gasteiger partial charge is 0.349 e. The van der Waals surface area contributed by atoms with Gasteiger partial charge in [-0.2, -0.15) is 8.75 Å². The Morgan fingerprint density at radius 1 is 1.00 bits per heavy atom. The third kappa shape index (κ3) is 2.08. The SMILES string of the molecule is Cn1cccc1-c1nsnc(-c2ccccc2)c1=O. The topological polar surface area (TPSA) is 47.8 Å². The number of aryl methyl sites for hydroxylation is 1. The van der Waals surface area contributed by atoms with Crippen molar-refractivity contribution in [2.24, 2.45) is 7.05 Å². The Balaban J connectivity index is 2.21. The van der Waals surface area contributed by atoms with E-state index in [-0.39, 0.29) is 5.43 Å². The number of rotatable bonds is 2. The summed E-state index contributed by atoms with van der Waals surface area (Å²) < 4.78 is 10.2. The van der Waals surface area contributed by atoms with Gasteiger partial charge in [-0.3, -0.25) is 4.79 Å². The summed E-state index contributed by atoms with van der Waals surface area (Å²) in [6.07, 6.45) is 1.89. The summed E-state index contributed by atoms with van der Waals surface area (Å²) in [6, 6.07) is 13.2. The average molecular weight is 269 g/mol. The lowest BCUT2D eigenvalue weighted by molar-refractivity contribution is 0.931. The number of aromatic nitrogens is 3. The molecule has 0 aliphatic carbocycles. The van der Waals surface area contributed by atoms with Crippen LogP contribution in [0.4, 0.5) is 0 Å². The molecule has 1 aromatic carbocycles. The third-order valence-corrected chi connectivity index (χ3v) is 3.46. The summed E-state index contributed by atoms with van der Waals surface area (Å²) in [5.41, 5.74) is 2.40. The standard InChI is InChI=1S/C14H11N3OS/c1-17-9-5-8-11(17)13-14(18)12(15-19-16-13)10-6-3-2-4-7-10/h2-9H,1H3. The molecule has 0 amide bonds. The van der Waals surface area contributed by atoms with Crippen LogP contribution in [-0.2, 0) is 7.05 Å². The third-order valence-electron chi connectivity index (χ3n) is 2.93. The summed E-state index contributed by atoms with van der Waals surface area (Å²) in [5, 5.41) is 0. The van der Waals surface area contributed by atoms with Crippen LogP contribution in [0.15, 0.2) is 53.5 Å². The van der Waals surface area contributed by atoms with Crippen LogP contribution in [0.5, 0.6) is 0 Å². The highest BCUT2D eigenvalue weighted by Gasteiger charge is 2.14. The van der Waals surface area contributed by atoms with Gasteiger partial charge in [0, 0.05) is 18.8 Å². The summed E-state index contributed by atoms with van der Waals surface area (Å²) in [4.78, 5) is 12.5. The molecule has 94 valence electrons. The fourth-order valence-electron chi connectivity index (χ4n) is 1.95. The van der Waals surface area contributed by atoms with Gasteiger partial charge in [0.2, 0.25) is 5.43 Å². The molecule has 3 rings (SSSR count). The molecule has 0 N–H and O–H groups in total. The van der Waals surface area contributed by atoms with Crippen LogP contribution in [-0.4, -0.2) is 13.3 Å². The van der Waals surface area contributed by atoms with Crippen LogP contribution in [0.3, 0.4) is 0 Å². The normalized spacial score (nSPS) is 10.6. The molecule has 2 heterocycles. The molecule has 5 heteroatoms. The average Bonchev–Trinajstić information content (AvgIpc) is 2.86. The molecule has 0 radical (unpaired) electrons.